The predicted molar refractivity (Wildman–Crippen MR) is 193 cm³/mol. The van der Waals surface area contributed by atoms with Crippen molar-refractivity contribution in [1.82, 2.24) is 0 Å². The molecule has 0 amide bonds. The summed E-state index contributed by atoms with van der Waals surface area (Å²) in [5, 5.41) is 10.2. The maximum atomic E-state index is 11.9. The quantitative estimate of drug-likeness (QED) is 0.0828. The molecule has 3 unspecified atom stereocenters. The number of aliphatic hydroxyl groups is 1. The number of rotatable bonds is 9. The molecule has 5 aliphatic carbocycles. The number of hydrogen-bond acceptors (Lipinski definition) is 14. The molecule has 2 heterocycles. The molecule has 2 spiro atoms. The zero-order valence-corrected chi connectivity index (χ0v) is 33.1. The highest BCUT2D eigenvalue weighted by Gasteiger charge is 2.85. The summed E-state index contributed by atoms with van der Waals surface area (Å²) >= 11 is 16.8. The number of esters is 1. The molecule has 14 heteroatoms. The highest BCUT2D eigenvalue weighted by atomic mass is 32.1. The molecular formula is C35H56O10S4. The number of fused-ring (bicyclic) bond motifs is 4. The van der Waals surface area contributed by atoms with Crippen molar-refractivity contribution in [1.29, 1.82) is 0 Å². The standard InChI is InChI=1S/C35H56O10S4/c1-17-13-19(20(14-36)39-18(2)37)40-27-25(17)32(5)11-12-35-16-34(35)10-9-24(41-30-28(44-48)26(43-47)21(42-46)15-38-30)31(3,4)22(34)7-8-23(35)33(32,6)29(27)45-49/h17,19-30,36,46-49H,7-16H2,1-6H3/t17-,19-,20-,21-,22+,23+,24+,25?,26+,27?,28-,29+,30?,32-,33-,34-,35+/m1/s1. The molecule has 0 aromatic heterocycles. The van der Waals surface area contributed by atoms with Crippen LogP contribution >= 0.6 is 51.6 Å². The Hall–Kier alpha value is 0.550. The maximum absolute atomic E-state index is 11.9. The van der Waals surface area contributed by atoms with Crippen LogP contribution in [0.3, 0.4) is 0 Å². The van der Waals surface area contributed by atoms with Crippen LogP contribution in [0.5, 0.6) is 0 Å². The van der Waals surface area contributed by atoms with Gasteiger partial charge in [-0.25, -0.2) is 0 Å². The second-order valence-electron chi connectivity index (χ2n) is 17.6. The Morgan fingerprint density at radius 1 is 0.918 bits per heavy atom. The van der Waals surface area contributed by atoms with E-state index in [9.17, 15) is 9.90 Å². The van der Waals surface area contributed by atoms with Gasteiger partial charge in [0.05, 0.1) is 31.5 Å². The van der Waals surface area contributed by atoms with Crippen LogP contribution in [0, 0.1) is 50.7 Å². The van der Waals surface area contributed by atoms with Crippen LogP contribution in [-0.4, -0.2) is 79.4 Å². The highest BCUT2D eigenvalue weighted by Crippen LogP contribution is 2.89. The molecule has 7 aliphatic rings. The molecule has 17 atom stereocenters. The molecule has 7 rings (SSSR count). The van der Waals surface area contributed by atoms with Crippen LogP contribution in [0.4, 0.5) is 0 Å². The van der Waals surface area contributed by atoms with Gasteiger partial charge in [-0.2, -0.15) is 0 Å². The monoisotopic (exact) mass is 764 g/mol. The molecule has 0 aromatic carbocycles. The van der Waals surface area contributed by atoms with Crippen molar-refractivity contribution in [3.8, 4) is 0 Å². The SMILES string of the molecule is CC(=O)O[C@H](CO)[C@H]1C[C@@H](C)C2C(O1)[C@H](OS)[C@@]1(C)[C@@H]3CC[C@H]4C(C)(C)[C@@H](OC5OC[C@@H](OS)[C@H](OS)[C@H]5OS)CC[C@@]45C[C@@]35CC[C@]21C. The third-order valence-corrected chi connectivity index (χ3v) is 16.8. The van der Waals surface area contributed by atoms with Crippen LogP contribution in [0.2, 0.25) is 0 Å². The average molecular weight is 765 g/mol. The van der Waals surface area contributed by atoms with Gasteiger partial charge in [-0.1, -0.05) is 34.6 Å². The lowest BCUT2D eigenvalue weighted by Gasteiger charge is -2.64. The fraction of sp³-hybridized carbons (Fsp3) is 0.971. The van der Waals surface area contributed by atoms with Gasteiger partial charge in [0.2, 0.25) is 0 Å². The molecule has 2 aliphatic heterocycles. The minimum Gasteiger partial charge on any atom is -0.457 e. The molecule has 7 fully saturated rings. The van der Waals surface area contributed by atoms with Crippen molar-refractivity contribution in [3.05, 3.63) is 0 Å². The van der Waals surface area contributed by atoms with Crippen molar-refractivity contribution in [2.75, 3.05) is 13.2 Å². The van der Waals surface area contributed by atoms with Crippen molar-refractivity contribution in [3.63, 3.8) is 0 Å². The Morgan fingerprint density at radius 3 is 2.24 bits per heavy atom. The molecule has 1 N–H and O–H groups in total. The summed E-state index contributed by atoms with van der Waals surface area (Å²) in [6.45, 7) is 13.4. The number of carbonyl (C=O) groups is 1. The van der Waals surface area contributed by atoms with Gasteiger partial charge in [0.15, 0.2) is 18.5 Å². The van der Waals surface area contributed by atoms with E-state index in [1.54, 1.807) is 0 Å². The van der Waals surface area contributed by atoms with Crippen molar-refractivity contribution >= 4 is 57.6 Å². The first kappa shape index (κ1) is 37.8. The van der Waals surface area contributed by atoms with E-state index in [4.69, 9.17) is 35.7 Å². The van der Waals surface area contributed by atoms with Crippen molar-refractivity contribution in [2.24, 2.45) is 50.7 Å². The lowest BCUT2D eigenvalue weighted by Crippen LogP contribution is -2.61. The molecule has 0 bridgehead atoms. The lowest BCUT2D eigenvalue weighted by atomic mass is 9.41. The number of hydrogen-bond donors (Lipinski definition) is 5. The van der Waals surface area contributed by atoms with Crippen molar-refractivity contribution < 1.29 is 45.6 Å². The average Bonchev–Trinajstić information content (AvgIpc) is 3.68. The third kappa shape index (κ3) is 5.25. The van der Waals surface area contributed by atoms with Gasteiger partial charge < -0.3 is 40.8 Å². The van der Waals surface area contributed by atoms with Crippen LogP contribution < -0.4 is 0 Å². The summed E-state index contributed by atoms with van der Waals surface area (Å²) < 4.78 is 47.8. The van der Waals surface area contributed by atoms with Crippen LogP contribution in [0.1, 0.15) is 92.9 Å². The Kier molecular flexibility index (Phi) is 10.3. The van der Waals surface area contributed by atoms with Gasteiger partial charge in [0.25, 0.3) is 0 Å². The van der Waals surface area contributed by atoms with Gasteiger partial charge in [-0.05, 0) is 148 Å². The van der Waals surface area contributed by atoms with Gasteiger partial charge >= 0.3 is 5.97 Å². The number of carbonyl (C=O) groups excluding carboxylic acids is 1. The molecular weight excluding hydrogens is 709 g/mol. The fourth-order valence-corrected chi connectivity index (χ4v) is 14.7. The summed E-state index contributed by atoms with van der Waals surface area (Å²) in [4.78, 5) is 11.9. The normalized spacial score (nSPS) is 53.3. The Bertz CT molecular complexity index is 1260. The van der Waals surface area contributed by atoms with Crippen LogP contribution in [0.25, 0.3) is 0 Å². The largest absolute Gasteiger partial charge is 0.457 e. The van der Waals surface area contributed by atoms with E-state index in [1.165, 1.54) is 19.8 Å². The van der Waals surface area contributed by atoms with E-state index < -0.39 is 36.7 Å². The zero-order valence-electron chi connectivity index (χ0n) is 29.5. The summed E-state index contributed by atoms with van der Waals surface area (Å²) in [5.74, 6) is 1.15. The first-order chi connectivity index (χ1) is 23.2. The second-order valence-corrected chi connectivity index (χ2v) is 18.4. The maximum Gasteiger partial charge on any atom is 0.303 e. The molecule has 49 heavy (non-hydrogen) atoms. The summed E-state index contributed by atoms with van der Waals surface area (Å²) in [5.41, 5.74) is 0.220. The molecule has 10 nitrogen and oxygen atoms in total. The summed E-state index contributed by atoms with van der Waals surface area (Å²) in [7, 11) is 0. The minimum absolute atomic E-state index is 0.00561. The molecule has 0 aromatic rings. The topological polar surface area (TPSA) is 111 Å². The van der Waals surface area contributed by atoms with Crippen LogP contribution in [0.15, 0.2) is 0 Å². The smallest absolute Gasteiger partial charge is 0.303 e. The van der Waals surface area contributed by atoms with E-state index in [0.29, 0.717) is 17.8 Å². The Balaban J connectivity index is 1.14. The molecule has 5 saturated carbocycles. The number of thiol groups is 4. The second kappa shape index (κ2) is 13.4. The van der Waals surface area contributed by atoms with Crippen LogP contribution in [-0.2, 0) is 40.5 Å². The van der Waals surface area contributed by atoms with Gasteiger partial charge in [-0.3, -0.25) is 4.79 Å². The van der Waals surface area contributed by atoms with E-state index in [2.05, 4.69) is 86.3 Å². The van der Waals surface area contributed by atoms with Gasteiger partial charge in [-0.15, -0.1) is 0 Å². The molecule has 2 saturated heterocycles. The first-order valence-corrected chi connectivity index (χ1v) is 19.6. The fourth-order valence-electron chi connectivity index (χ4n) is 13.7. The van der Waals surface area contributed by atoms with E-state index in [1.807, 2.05) is 0 Å². The lowest BCUT2D eigenvalue weighted by molar-refractivity contribution is -0.288. The molecule has 0 radical (unpaired) electrons. The third-order valence-electron chi connectivity index (χ3n) is 15.8. The minimum atomic E-state index is -0.694. The van der Waals surface area contributed by atoms with Gasteiger partial charge in [0, 0.05) is 12.3 Å². The number of ether oxygens (including phenoxy) is 4. The summed E-state index contributed by atoms with van der Waals surface area (Å²) in [6, 6.07) is 0. The zero-order chi connectivity index (χ0) is 35.3. The van der Waals surface area contributed by atoms with E-state index in [-0.39, 0.29) is 70.6 Å². The van der Waals surface area contributed by atoms with Gasteiger partial charge in [0.1, 0.15) is 18.3 Å². The van der Waals surface area contributed by atoms with E-state index >= 15 is 0 Å². The number of aliphatic hydroxyl groups excluding tert-OH is 1. The van der Waals surface area contributed by atoms with Crippen molar-refractivity contribution in [2.45, 2.75) is 148 Å². The Morgan fingerprint density at radius 2 is 1.61 bits per heavy atom. The Labute approximate surface area is 313 Å². The summed E-state index contributed by atoms with van der Waals surface area (Å²) in [6.07, 6.45) is 4.74. The first-order valence-electron chi connectivity index (χ1n) is 18.2. The highest BCUT2D eigenvalue weighted by molar-refractivity contribution is 7.75. The molecule has 280 valence electrons. The predicted octanol–water partition coefficient (Wildman–Crippen LogP) is 6.02. The van der Waals surface area contributed by atoms with E-state index in [0.717, 1.165) is 38.5 Å².